The number of fused-ring (bicyclic) bond motifs is 3. The van der Waals surface area contributed by atoms with Crippen LogP contribution in [0.4, 0.5) is 0 Å². The highest BCUT2D eigenvalue weighted by Gasteiger charge is 2.42. The molecule has 2 aliphatic carbocycles. The van der Waals surface area contributed by atoms with E-state index in [4.69, 9.17) is 0 Å². The summed E-state index contributed by atoms with van der Waals surface area (Å²) < 4.78 is 0. The summed E-state index contributed by atoms with van der Waals surface area (Å²) in [6, 6.07) is 4.14. The molecule has 26 heavy (non-hydrogen) atoms. The van der Waals surface area contributed by atoms with Gasteiger partial charge in [-0.1, -0.05) is 19.1 Å². The molecular formula is C20H18O6. The van der Waals surface area contributed by atoms with Crippen LogP contribution in [0, 0.1) is 0 Å². The first kappa shape index (κ1) is 16.6. The lowest BCUT2D eigenvalue weighted by atomic mass is 9.73. The fourth-order valence-electron chi connectivity index (χ4n) is 4.03. The Hall–Kier alpha value is -2.86. The predicted octanol–water partition coefficient (Wildman–Crippen LogP) is 2.21. The fraction of sp³-hybridized carbons (Fsp3) is 0.300. The largest absolute Gasteiger partial charge is 0.507 e. The summed E-state index contributed by atoms with van der Waals surface area (Å²) in [4.78, 5) is 25.8. The van der Waals surface area contributed by atoms with Crippen LogP contribution in [0.25, 0.3) is 0 Å². The van der Waals surface area contributed by atoms with Gasteiger partial charge in [-0.2, -0.15) is 0 Å². The van der Waals surface area contributed by atoms with Gasteiger partial charge in [0.15, 0.2) is 5.78 Å². The molecule has 0 bridgehead atoms. The maximum Gasteiger partial charge on any atom is 0.202 e. The molecule has 6 heteroatoms. The second kappa shape index (κ2) is 5.32. The normalized spacial score (nSPS) is 21.2. The number of ketones is 2. The summed E-state index contributed by atoms with van der Waals surface area (Å²) in [7, 11) is 0. The number of carbonyl (C=O) groups excluding carboxylic acids is 2. The smallest absolute Gasteiger partial charge is 0.202 e. The van der Waals surface area contributed by atoms with E-state index in [2.05, 4.69) is 0 Å². The van der Waals surface area contributed by atoms with Crippen molar-refractivity contribution in [1.82, 2.24) is 0 Å². The van der Waals surface area contributed by atoms with Gasteiger partial charge >= 0.3 is 0 Å². The summed E-state index contributed by atoms with van der Waals surface area (Å²) in [5, 5.41) is 42.1. The van der Waals surface area contributed by atoms with Crippen LogP contribution in [-0.2, 0) is 12.8 Å². The Morgan fingerprint density at radius 2 is 1.62 bits per heavy atom. The zero-order valence-corrected chi connectivity index (χ0v) is 14.2. The van der Waals surface area contributed by atoms with Crippen LogP contribution in [0.1, 0.15) is 62.7 Å². The molecule has 6 nitrogen and oxygen atoms in total. The number of carbonyl (C=O) groups is 2. The molecule has 0 spiro atoms. The monoisotopic (exact) mass is 354 g/mol. The number of benzene rings is 2. The second-order valence-electron chi connectivity index (χ2n) is 7.02. The average Bonchev–Trinajstić information content (AvgIpc) is 2.62. The Labute approximate surface area is 149 Å². The number of phenolic OH excluding ortho intramolecular Hbond substituents is 3. The molecule has 1 atom stereocenters. The minimum absolute atomic E-state index is 0.00183. The van der Waals surface area contributed by atoms with Gasteiger partial charge in [0, 0.05) is 23.1 Å². The van der Waals surface area contributed by atoms with Crippen LogP contribution in [0.5, 0.6) is 17.2 Å². The van der Waals surface area contributed by atoms with E-state index in [-0.39, 0.29) is 45.7 Å². The predicted molar refractivity (Wildman–Crippen MR) is 92.0 cm³/mol. The molecule has 2 aromatic rings. The molecule has 134 valence electrons. The molecular weight excluding hydrogens is 336 g/mol. The first-order chi connectivity index (χ1) is 12.3. The summed E-state index contributed by atoms with van der Waals surface area (Å²) in [5.74, 6) is -2.40. The number of hydrogen-bond acceptors (Lipinski definition) is 6. The Bertz CT molecular complexity index is 991. The highest BCUT2D eigenvalue weighted by atomic mass is 16.3. The van der Waals surface area contributed by atoms with Crippen molar-refractivity contribution in [2.45, 2.75) is 38.2 Å². The van der Waals surface area contributed by atoms with Crippen molar-refractivity contribution in [3.63, 3.8) is 0 Å². The summed E-state index contributed by atoms with van der Waals surface area (Å²) in [6.07, 6.45) is 1.23. The lowest BCUT2D eigenvalue weighted by Gasteiger charge is -2.35. The Balaban J connectivity index is 2.02. The first-order valence-corrected chi connectivity index (χ1v) is 8.52. The molecule has 0 fully saturated rings. The zero-order valence-electron chi connectivity index (χ0n) is 14.2. The standard InChI is InChI=1S/C20H18O6/c1-2-20(26)7-6-9-11(8-20)18(24)15-14(16(9)22)17(23)10-4-3-5-12(21)13(10)19(15)25/h3-5,21-22,24,26H,2,6-8H2,1H3. The maximum atomic E-state index is 12.9. The van der Waals surface area contributed by atoms with Crippen LogP contribution in [0.2, 0.25) is 0 Å². The number of phenols is 3. The van der Waals surface area contributed by atoms with E-state index >= 15 is 0 Å². The van der Waals surface area contributed by atoms with Crippen molar-refractivity contribution < 1.29 is 30.0 Å². The van der Waals surface area contributed by atoms with E-state index in [0.29, 0.717) is 24.8 Å². The lowest BCUT2D eigenvalue weighted by molar-refractivity contribution is 0.0216. The van der Waals surface area contributed by atoms with Crippen molar-refractivity contribution in [2.24, 2.45) is 0 Å². The van der Waals surface area contributed by atoms with E-state index in [9.17, 15) is 30.0 Å². The Morgan fingerprint density at radius 1 is 0.962 bits per heavy atom. The summed E-state index contributed by atoms with van der Waals surface area (Å²) in [5.41, 5.74) is -1.07. The minimum atomic E-state index is -1.03. The molecule has 0 amide bonds. The SMILES string of the molecule is CCC1(O)CCc2c(O)c3c(c(O)c2C1)C(=O)c1c(O)cccc1C3=O. The molecule has 0 heterocycles. The van der Waals surface area contributed by atoms with E-state index in [1.807, 2.05) is 6.92 Å². The van der Waals surface area contributed by atoms with Gasteiger partial charge in [-0.3, -0.25) is 9.59 Å². The van der Waals surface area contributed by atoms with Crippen LogP contribution in [0.3, 0.4) is 0 Å². The molecule has 4 N–H and O–H groups in total. The van der Waals surface area contributed by atoms with Gasteiger partial charge in [-0.15, -0.1) is 0 Å². The van der Waals surface area contributed by atoms with Crippen molar-refractivity contribution in [3.05, 3.63) is 51.6 Å². The first-order valence-electron chi connectivity index (χ1n) is 8.52. The molecule has 2 aromatic carbocycles. The molecule has 0 aromatic heterocycles. The number of aromatic hydroxyl groups is 3. The van der Waals surface area contributed by atoms with E-state index in [1.165, 1.54) is 18.2 Å². The van der Waals surface area contributed by atoms with E-state index in [1.54, 1.807) is 0 Å². The van der Waals surface area contributed by atoms with Crippen molar-refractivity contribution in [3.8, 4) is 17.2 Å². The van der Waals surface area contributed by atoms with Gasteiger partial charge in [0.25, 0.3) is 0 Å². The highest BCUT2D eigenvalue weighted by molar-refractivity contribution is 6.31. The van der Waals surface area contributed by atoms with Crippen molar-refractivity contribution in [2.75, 3.05) is 0 Å². The molecule has 4 rings (SSSR count). The number of rotatable bonds is 1. The zero-order chi connectivity index (χ0) is 18.8. The molecule has 0 radical (unpaired) electrons. The van der Waals surface area contributed by atoms with Crippen LogP contribution in [-0.4, -0.2) is 37.6 Å². The third kappa shape index (κ3) is 2.02. The van der Waals surface area contributed by atoms with E-state index < -0.39 is 22.9 Å². The van der Waals surface area contributed by atoms with Gasteiger partial charge in [-0.05, 0) is 25.3 Å². The van der Waals surface area contributed by atoms with Gasteiger partial charge in [0.2, 0.25) is 5.78 Å². The topological polar surface area (TPSA) is 115 Å². The van der Waals surface area contributed by atoms with Crippen LogP contribution >= 0.6 is 0 Å². The van der Waals surface area contributed by atoms with Gasteiger partial charge < -0.3 is 20.4 Å². The molecule has 1 unspecified atom stereocenters. The summed E-state index contributed by atoms with van der Waals surface area (Å²) >= 11 is 0. The number of aliphatic hydroxyl groups is 1. The molecule has 0 saturated carbocycles. The van der Waals surface area contributed by atoms with Gasteiger partial charge in [0.05, 0.1) is 22.3 Å². The molecule has 0 saturated heterocycles. The Kier molecular flexibility index (Phi) is 3.39. The van der Waals surface area contributed by atoms with Crippen LogP contribution < -0.4 is 0 Å². The third-order valence-corrected chi connectivity index (χ3v) is 5.63. The van der Waals surface area contributed by atoms with E-state index in [0.717, 1.165) is 0 Å². The number of hydrogen-bond donors (Lipinski definition) is 4. The fourth-order valence-corrected chi connectivity index (χ4v) is 4.03. The van der Waals surface area contributed by atoms with Crippen molar-refractivity contribution in [1.29, 1.82) is 0 Å². The molecule has 2 aliphatic rings. The Morgan fingerprint density at radius 3 is 2.31 bits per heavy atom. The summed E-state index contributed by atoms with van der Waals surface area (Å²) in [6.45, 7) is 1.82. The third-order valence-electron chi connectivity index (χ3n) is 5.63. The minimum Gasteiger partial charge on any atom is -0.507 e. The quantitative estimate of drug-likeness (QED) is 0.498. The maximum absolute atomic E-state index is 12.9. The molecule has 0 aliphatic heterocycles. The van der Waals surface area contributed by atoms with Gasteiger partial charge in [-0.25, -0.2) is 0 Å². The highest BCUT2D eigenvalue weighted by Crippen LogP contribution is 2.48. The second-order valence-corrected chi connectivity index (χ2v) is 7.02. The van der Waals surface area contributed by atoms with Gasteiger partial charge in [0.1, 0.15) is 17.2 Å². The van der Waals surface area contributed by atoms with Crippen LogP contribution in [0.15, 0.2) is 18.2 Å². The van der Waals surface area contributed by atoms with Crippen molar-refractivity contribution >= 4 is 11.6 Å². The average molecular weight is 354 g/mol. The lowest BCUT2D eigenvalue weighted by Crippen LogP contribution is -2.36.